The Morgan fingerprint density at radius 2 is 1.75 bits per heavy atom. The summed E-state index contributed by atoms with van der Waals surface area (Å²) in [6.45, 7) is 12.8. The molecule has 0 saturated carbocycles. The average molecular weight is 282 g/mol. The quantitative estimate of drug-likeness (QED) is 0.814. The highest BCUT2D eigenvalue weighted by atomic mass is 16.2. The number of nitrogens with one attached hydrogen (secondary N) is 1. The van der Waals surface area contributed by atoms with Crippen LogP contribution in [0.4, 0.5) is 0 Å². The van der Waals surface area contributed by atoms with Crippen LogP contribution in [-0.2, 0) is 9.59 Å². The largest absolute Gasteiger partial charge is 0.340 e. The number of hydrogen-bond donors (Lipinski definition) is 1. The van der Waals surface area contributed by atoms with E-state index in [4.69, 9.17) is 0 Å². The summed E-state index contributed by atoms with van der Waals surface area (Å²) in [4.78, 5) is 27.1. The van der Waals surface area contributed by atoms with E-state index in [2.05, 4.69) is 19.2 Å². The van der Waals surface area contributed by atoms with Crippen LogP contribution in [0.2, 0.25) is 0 Å². The zero-order chi connectivity index (χ0) is 15.5. The molecule has 4 heteroatoms. The minimum absolute atomic E-state index is 0.00472. The molecule has 1 N–H and O–H groups in total. The lowest BCUT2D eigenvalue weighted by atomic mass is 9.87. The summed E-state index contributed by atoms with van der Waals surface area (Å²) >= 11 is 0. The minimum Gasteiger partial charge on any atom is -0.340 e. The molecule has 0 aliphatic carbocycles. The van der Waals surface area contributed by atoms with Gasteiger partial charge in [0.15, 0.2) is 0 Å². The van der Waals surface area contributed by atoms with Crippen LogP contribution in [0.5, 0.6) is 0 Å². The second-order valence-corrected chi connectivity index (χ2v) is 6.50. The predicted octanol–water partition coefficient (Wildman–Crippen LogP) is 2.57. The first kappa shape index (κ1) is 17.0. The van der Waals surface area contributed by atoms with Gasteiger partial charge >= 0.3 is 0 Å². The van der Waals surface area contributed by atoms with Crippen molar-refractivity contribution >= 4 is 11.8 Å². The molecule has 1 heterocycles. The van der Waals surface area contributed by atoms with Gasteiger partial charge in [-0.25, -0.2) is 0 Å². The van der Waals surface area contributed by atoms with Crippen molar-refractivity contribution in [2.75, 3.05) is 6.54 Å². The zero-order valence-corrected chi connectivity index (χ0v) is 13.8. The third-order valence-corrected chi connectivity index (χ3v) is 4.68. The first-order valence-corrected chi connectivity index (χ1v) is 7.93. The average Bonchev–Trinajstić information content (AvgIpc) is 2.40. The van der Waals surface area contributed by atoms with E-state index in [9.17, 15) is 9.59 Å². The van der Waals surface area contributed by atoms with E-state index in [1.807, 2.05) is 32.6 Å². The fourth-order valence-corrected chi connectivity index (χ4v) is 2.91. The monoisotopic (exact) mass is 282 g/mol. The molecule has 1 fully saturated rings. The molecule has 2 unspecified atom stereocenters. The summed E-state index contributed by atoms with van der Waals surface area (Å²) in [5, 5.41) is 2.93. The Balaban J connectivity index is 3.08. The lowest BCUT2D eigenvalue weighted by molar-refractivity contribution is -0.157. The normalized spacial score (nSPS) is 27.4. The lowest BCUT2D eigenvalue weighted by Crippen LogP contribution is -2.70. The van der Waals surface area contributed by atoms with Crippen LogP contribution in [0, 0.1) is 11.8 Å². The first-order chi connectivity index (χ1) is 9.30. The van der Waals surface area contributed by atoms with Crippen LogP contribution in [0.25, 0.3) is 0 Å². The molecule has 2 amide bonds. The van der Waals surface area contributed by atoms with Crippen molar-refractivity contribution in [3.63, 3.8) is 0 Å². The molecular weight excluding hydrogens is 252 g/mol. The SMILES string of the molecule is CCC(CC)CN1C(=O)C(C)(CC)NC(=O)C1C(C)C. The Bertz CT molecular complexity index is 363. The van der Waals surface area contributed by atoms with Gasteiger partial charge in [0.2, 0.25) is 11.8 Å². The Morgan fingerprint density at radius 3 is 2.15 bits per heavy atom. The number of nitrogens with zero attached hydrogens (tertiary/aromatic N) is 1. The number of carbonyl (C=O) groups excluding carboxylic acids is 2. The Morgan fingerprint density at radius 1 is 1.20 bits per heavy atom. The summed E-state index contributed by atoms with van der Waals surface area (Å²) in [7, 11) is 0. The molecule has 1 aliphatic rings. The van der Waals surface area contributed by atoms with Gasteiger partial charge in [-0.1, -0.05) is 47.5 Å². The molecule has 0 aromatic heterocycles. The molecule has 0 aromatic carbocycles. The Labute approximate surface area is 123 Å². The van der Waals surface area contributed by atoms with Crippen molar-refractivity contribution in [3.05, 3.63) is 0 Å². The van der Waals surface area contributed by atoms with Crippen molar-refractivity contribution in [2.45, 2.75) is 72.4 Å². The molecule has 0 bridgehead atoms. The van der Waals surface area contributed by atoms with Gasteiger partial charge in [0.1, 0.15) is 11.6 Å². The van der Waals surface area contributed by atoms with Crippen LogP contribution >= 0.6 is 0 Å². The zero-order valence-electron chi connectivity index (χ0n) is 13.8. The van der Waals surface area contributed by atoms with Crippen molar-refractivity contribution in [2.24, 2.45) is 11.8 Å². The maximum Gasteiger partial charge on any atom is 0.248 e. The van der Waals surface area contributed by atoms with E-state index in [0.29, 0.717) is 18.9 Å². The summed E-state index contributed by atoms with van der Waals surface area (Å²) in [6.07, 6.45) is 2.70. The van der Waals surface area contributed by atoms with E-state index < -0.39 is 5.54 Å². The van der Waals surface area contributed by atoms with E-state index >= 15 is 0 Å². The van der Waals surface area contributed by atoms with Gasteiger partial charge < -0.3 is 10.2 Å². The Hall–Kier alpha value is -1.06. The van der Waals surface area contributed by atoms with Gasteiger partial charge in [0.25, 0.3) is 0 Å². The molecular formula is C16H30N2O2. The van der Waals surface area contributed by atoms with Gasteiger partial charge in [0, 0.05) is 6.54 Å². The lowest BCUT2D eigenvalue weighted by Gasteiger charge is -2.46. The fraction of sp³-hybridized carbons (Fsp3) is 0.875. The van der Waals surface area contributed by atoms with E-state index in [-0.39, 0.29) is 23.8 Å². The third kappa shape index (κ3) is 3.15. The van der Waals surface area contributed by atoms with E-state index in [0.717, 1.165) is 12.8 Å². The van der Waals surface area contributed by atoms with E-state index in [1.54, 1.807) is 0 Å². The summed E-state index contributed by atoms with van der Waals surface area (Å²) in [5.41, 5.74) is -0.742. The topological polar surface area (TPSA) is 49.4 Å². The minimum atomic E-state index is -0.742. The smallest absolute Gasteiger partial charge is 0.248 e. The number of amides is 2. The summed E-state index contributed by atoms with van der Waals surface area (Å²) in [6, 6.07) is -0.331. The highest BCUT2D eigenvalue weighted by Gasteiger charge is 2.48. The van der Waals surface area contributed by atoms with Gasteiger partial charge in [-0.2, -0.15) is 0 Å². The number of rotatable bonds is 6. The van der Waals surface area contributed by atoms with Gasteiger partial charge in [-0.05, 0) is 25.2 Å². The molecule has 2 atom stereocenters. The van der Waals surface area contributed by atoms with Crippen LogP contribution in [-0.4, -0.2) is 34.8 Å². The maximum atomic E-state index is 12.8. The van der Waals surface area contributed by atoms with Gasteiger partial charge in [-0.3, -0.25) is 9.59 Å². The Kier molecular flexibility index (Phi) is 5.60. The number of carbonyl (C=O) groups is 2. The molecule has 1 aliphatic heterocycles. The fourth-order valence-electron chi connectivity index (χ4n) is 2.91. The second-order valence-electron chi connectivity index (χ2n) is 6.50. The van der Waals surface area contributed by atoms with Crippen molar-refractivity contribution in [3.8, 4) is 0 Å². The molecule has 1 rings (SSSR count). The van der Waals surface area contributed by atoms with Gasteiger partial charge in [0.05, 0.1) is 0 Å². The van der Waals surface area contributed by atoms with Crippen LogP contribution in [0.15, 0.2) is 0 Å². The molecule has 116 valence electrons. The van der Waals surface area contributed by atoms with Crippen LogP contribution in [0.3, 0.4) is 0 Å². The number of hydrogen-bond acceptors (Lipinski definition) is 2. The highest BCUT2D eigenvalue weighted by Crippen LogP contribution is 2.27. The second kappa shape index (κ2) is 6.59. The van der Waals surface area contributed by atoms with Crippen LogP contribution in [0.1, 0.15) is 60.8 Å². The van der Waals surface area contributed by atoms with E-state index in [1.165, 1.54) is 0 Å². The first-order valence-electron chi connectivity index (χ1n) is 7.93. The molecule has 0 spiro atoms. The molecule has 4 nitrogen and oxygen atoms in total. The molecule has 1 saturated heterocycles. The maximum absolute atomic E-state index is 12.8. The summed E-state index contributed by atoms with van der Waals surface area (Å²) < 4.78 is 0. The predicted molar refractivity (Wildman–Crippen MR) is 81.2 cm³/mol. The number of piperazine rings is 1. The molecule has 0 radical (unpaired) electrons. The van der Waals surface area contributed by atoms with Crippen LogP contribution < -0.4 is 5.32 Å². The molecule has 20 heavy (non-hydrogen) atoms. The van der Waals surface area contributed by atoms with Crippen molar-refractivity contribution in [1.29, 1.82) is 0 Å². The molecule has 0 aromatic rings. The standard InChI is InChI=1S/C16H30N2O2/c1-7-12(8-2)10-18-13(11(4)5)14(19)17-16(6,9-3)15(18)20/h11-13H,7-10H2,1-6H3,(H,17,19). The highest BCUT2D eigenvalue weighted by molar-refractivity contribution is 5.99. The van der Waals surface area contributed by atoms with Gasteiger partial charge in [-0.15, -0.1) is 0 Å². The van der Waals surface area contributed by atoms with Crippen molar-refractivity contribution < 1.29 is 9.59 Å². The summed E-state index contributed by atoms with van der Waals surface area (Å²) in [5.74, 6) is 0.669. The third-order valence-electron chi connectivity index (χ3n) is 4.68. The van der Waals surface area contributed by atoms with Crippen molar-refractivity contribution in [1.82, 2.24) is 10.2 Å².